The standard InChI is InChI=1S/C21H32O4/c1-20(2,3)19(22)24-16-13-18(25-21(23)14-7-8-15-21)12-11-17-9-5-4-6-10-17/h4-6,9-10,18,23H,7-8,11-16H2,1-3H3/t18-/m0/s1. The summed E-state index contributed by atoms with van der Waals surface area (Å²) in [4.78, 5) is 11.9. The van der Waals surface area contributed by atoms with Gasteiger partial charge in [0.2, 0.25) is 0 Å². The van der Waals surface area contributed by atoms with Gasteiger partial charge in [-0.15, -0.1) is 0 Å². The van der Waals surface area contributed by atoms with Crippen molar-refractivity contribution in [3.63, 3.8) is 0 Å². The maximum absolute atomic E-state index is 11.9. The van der Waals surface area contributed by atoms with Crippen LogP contribution in [0.5, 0.6) is 0 Å². The lowest BCUT2D eigenvalue weighted by molar-refractivity contribution is -0.228. The zero-order valence-corrected chi connectivity index (χ0v) is 15.8. The predicted molar refractivity (Wildman–Crippen MR) is 98.1 cm³/mol. The van der Waals surface area contributed by atoms with E-state index in [2.05, 4.69) is 12.1 Å². The largest absolute Gasteiger partial charge is 0.465 e. The van der Waals surface area contributed by atoms with Gasteiger partial charge in [-0.1, -0.05) is 30.3 Å². The number of hydrogen-bond acceptors (Lipinski definition) is 4. The molecule has 0 spiro atoms. The van der Waals surface area contributed by atoms with Crippen molar-refractivity contribution in [3.05, 3.63) is 35.9 Å². The van der Waals surface area contributed by atoms with Crippen LogP contribution in [0.25, 0.3) is 0 Å². The monoisotopic (exact) mass is 348 g/mol. The first-order valence-electron chi connectivity index (χ1n) is 9.40. The number of hydrogen-bond donors (Lipinski definition) is 1. The Morgan fingerprint density at radius 2 is 1.80 bits per heavy atom. The SMILES string of the molecule is CC(C)(C)C(=O)OCC[C@H](CCc1ccccc1)OC1(O)CCCC1. The van der Waals surface area contributed by atoms with E-state index in [9.17, 15) is 9.90 Å². The lowest BCUT2D eigenvalue weighted by Crippen LogP contribution is -2.35. The van der Waals surface area contributed by atoms with Gasteiger partial charge in [-0.05, 0) is 52.0 Å². The van der Waals surface area contributed by atoms with Gasteiger partial charge in [-0.3, -0.25) is 4.79 Å². The van der Waals surface area contributed by atoms with Crippen LogP contribution in [-0.4, -0.2) is 29.6 Å². The summed E-state index contributed by atoms with van der Waals surface area (Å²) in [7, 11) is 0. The Hall–Kier alpha value is -1.39. The maximum Gasteiger partial charge on any atom is 0.311 e. The molecule has 4 heteroatoms. The average Bonchev–Trinajstić information content (AvgIpc) is 2.98. The van der Waals surface area contributed by atoms with Gasteiger partial charge in [0, 0.05) is 19.3 Å². The third-order valence-electron chi connectivity index (χ3n) is 4.65. The number of aryl methyl sites for hydroxylation is 1. The smallest absolute Gasteiger partial charge is 0.311 e. The molecule has 0 saturated heterocycles. The van der Waals surface area contributed by atoms with Crippen LogP contribution in [0.3, 0.4) is 0 Å². The van der Waals surface area contributed by atoms with Crippen LogP contribution in [0.15, 0.2) is 30.3 Å². The van der Waals surface area contributed by atoms with Crippen LogP contribution in [0, 0.1) is 5.41 Å². The molecule has 1 fully saturated rings. The summed E-state index contributed by atoms with van der Waals surface area (Å²) in [5.41, 5.74) is 0.755. The van der Waals surface area contributed by atoms with Gasteiger partial charge < -0.3 is 14.6 Å². The molecule has 1 aromatic rings. The van der Waals surface area contributed by atoms with Gasteiger partial charge in [0.15, 0.2) is 5.79 Å². The van der Waals surface area contributed by atoms with Gasteiger partial charge in [0.05, 0.1) is 18.1 Å². The van der Waals surface area contributed by atoms with Crippen LogP contribution in [0.1, 0.15) is 64.9 Å². The summed E-state index contributed by atoms with van der Waals surface area (Å²) >= 11 is 0. The molecule has 25 heavy (non-hydrogen) atoms. The van der Waals surface area contributed by atoms with Crippen LogP contribution >= 0.6 is 0 Å². The Bertz CT molecular complexity index is 527. The van der Waals surface area contributed by atoms with Crippen LogP contribution in [-0.2, 0) is 20.7 Å². The number of rotatable bonds is 8. The number of ether oxygens (including phenoxy) is 2. The van der Waals surface area contributed by atoms with E-state index in [0.29, 0.717) is 25.9 Å². The molecule has 140 valence electrons. The lowest BCUT2D eigenvalue weighted by Gasteiger charge is -2.29. The van der Waals surface area contributed by atoms with E-state index < -0.39 is 11.2 Å². The molecular formula is C21H32O4. The molecule has 1 saturated carbocycles. The highest BCUT2D eigenvalue weighted by Crippen LogP contribution is 2.33. The third kappa shape index (κ3) is 6.79. The fraction of sp³-hybridized carbons (Fsp3) is 0.667. The molecule has 0 aliphatic heterocycles. The predicted octanol–water partition coefficient (Wildman–Crippen LogP) is 4.25. The topological polar surface area (TPSA) is 55.8 Å². The van der Waals surface area contributed by atoms with Crippen molar-refractivity contribution in [1.82, 2.24) is 0 Å². The van der Waals surface area contributed by atoms with E-state index >= 15 is 0 Å². The lowest BCUT2D eigenvalue weighted by atomic mass is 9.97. The minimum absolute atomic E-state index is 0.115. The first-order chi connectivity index (χ1) is 11.8. The molecule has 1 aliphatic carbocycles. The Morgan fingerprint density at radius 1 is 1.16 bits per heavy atom. The van der Waals surface area contributed by atoms with Gasteiger partial charge >= 0.3 is 5.97 Å². The Balaban J connectivity index is 1.88. The molecule has 0 heterocycles. The van der Waals surface area contributed by atoms with Crippen molar-refractivity contribution in [1.29, 1.82) is 0 Å². The van der Waals surface area contributed by atoms with Crippen LogP contribution in [0.4, 0.5) is 0 Å². The number of carbonyl (C=O) groups is 1. The highest BCUT2D eigenvalue weighted by atomic mass is 16.6. The van der Waals surface area contributed by atoms with Gasteiger partial charge in [0.25, 0.3) is 0 Å². The summed E-state index contributed by atoms with van der Waals surface area (Å²) in [6.45, 7) is 5.87. The molecule has 0 unspecified atom stereocenters. The third-order valence-corrected chi connectivity index (χ3v) is 4.65. The Kier molecular flexibility index (Phi) is 7.03. The first kappa shape index (κ1) is 19.9. The maximum atomic E-state index is 11.9. The normalized spacial score (nSPS) is 18.1. The summed E-state index contributed by atoms with van der Waals surface area (Å²) in [6.07, 6.45) is 5.57. The van der Waals surface area contributed by atoms with Crippen molar-refractivity contribution < 1.29 is 19.4 Å². The number of carbonyl (C=O) groups excluding carboxylic acids is 1. The summed E-state index contributed by atoms with van der Waals surface area (Å²) in [5.74, 6) is -1.20. The van der Waals surface area contributed by atoms with E-state index in [4.69, 9.17) is 9.47 Å². The van der Waals surface area contributed by atoms with Crippen molar-refractivity contribution in [2.45, 2.75) is 77.6 Å². The second-order valence-corrected chi connectivity index (χ2v) is 8.09. The highest BCUT2D eigenvalue weighted by Gasteiger charge is 2.34. The van der Waals surface area contributed by atoms with Crippen molar-refractivity contribution >= 4 is 5.97 Å². The Morgan fingerprint density at radius 3 is 2.40 bits per heavy atom. The summed E-state index contributed by atoms with van der Waals surface area (Å²) in [5, 5.41) is 10.6. The molecule has 0 bridgehead atoms. The molecule has 1 aliphatic rings. The minimum Gasteiger partial charge on any atom is -0.465 e. The van der Waals surface area contributed by atoms with Crippen molar-refractivity contribution in [2.75, 3.05) is 6.61 Å². The number of aliphatic hydroxyl groups is 1. The second kappa shape index (κ2) is 8.81. The molecule has 1 N–H and O–H groups in total. The van der Waals surface area contributed by atoms with Gasteiger partial charge in [0.1, 0.15) is 0 Å². The van der Waals surface area contributed by atoms with Crippen LogP contribution in [0.2, 0.25) is 0 Å². The zero-order valence-electron chi connectivity index (χ0n) is 15.8. The molecule has 2 rings (SSSR count). The molecule has 4 nitrogen and oxygen atoms in total. The fourth-order valence-electron chi connectivity index (χ4n) is 3.09. The summed E-state index contributed by atoms with van der Waals surface area (Å²) in [6, 6.07) is 10.3. The van der Waals surface area contributed by atoms with Gasteiger partial charge in [-0.2, -0.15) is 0 Å². The highest BCUT2D eigenvalue weighted by molar-refractivity contribution is 5.75. The van der Waals surface area contributed by atoms with Crippen molar-refractivity contribution in [3.8, 4) is 0 Å². The van der Waals surface area contributed by atoms with E-state index in [0.717, 1.165) is 25.7 Å². The van der Waals surface area contributed by atoms with E-state index in [-0.39, 0.29) is 12.1 Å². The average molecular weight is 348 g/mol. The van der Waals surface area contributed by atoms with Gasteiger partial charge in [-0.25, -0.2) is 0 Å². The molecule has 1 atom stereocenters. The number of esters is 1. The van der Waals surface area contributed by atoms with Crippen molar-refractivity contribution in [2.24, 2.45) is 5.41 Å². The molecular weight excluding hydrogens is 316 g/mol. The van der Waals surface area contributed by atoms with E-state index in [1.54, 1.807) is 0 Å². The van der Waals surface area contributed by atoms with E-state index in [1.165, 1.54) is 5.56 Å². The summed E-state index contributed by atoms with van der Waals surface area (Å²) < 4.78 is 11.4. The number of benzene rings is 1. The van der Waals surface area contributed by atoms with Crippen LogP contribution < -0.4 is 0 Å². The minimum atomic E-state index is -1.00. The molecule has 0 amide bonds. The molecule has 1 aromatic carbocycles. The fourth-order valence-corrected chi connectivity index (χ4v) is 3.09. The first-order valence-corrected chi connectivity index (χ1v) is 9.40. The Labute approximate surface area is 151 Å². The van der Waals surface area contributed by atoms with E-state index in [1.807, 2.05) is 39.0 Å². The zero-order chi connectivity index (χ0) is 18.3. The quantitative estimate of drug-likeness (QED) is 0.564. The second-order valence-electron chi connectivity index (χ2n) is 8.09. The molecule has 0 aromatic heterocycles. The molecule has 0 radical (unpaired) electrons.